The summed E-state index contributed by atoms with van der Waals surface area (Å²) in [7, 11) is 0. The molecule has 1 aliphatic rings. The number of benzene rings is 2. The van der Waals surface area contributed by atoms with Gasteiger partial charge in [0.1, 0.15) is 9.75 Å². The van der Waals surface area contributed by atoms with Gasteiger partial charge in [-0.3, -0.25) is 9.59 Å². The van der Waals surface area contributed by atoms with Crippen molar-refractivity contribution in [1.29, 1.82) is 0 Å². The van der Waals surface area contributed by atoms with E-state index < -0.39 is 27.7 Å². The van der Waals surface area contributed by atoms with Gasteiger partial charge < -0.3 is 10.1 Å². The molecule has 2 aromatic carbocycles. The molecule has 0 aromatic heterocycles. The Bertz CT molecular complexity index is 838. The van der Waals surface area contributed by atoms with E-state index in [0.717, 1.165) is 11.1 Å². The first kappa shape index (κ1) is 18.7. The molecule has 0 heterocycles. The number of hydrogen-bond donors (Lipinski definition) is 1. The number of alkyl halides is 2. The summed E-state index contributed by atoms with van der Waals surface area (Å²) in [6.07, 6.45) is -0.652. The van der Waals surface area contributed by atoms with Gasteiger partial charge in [0, 0.05) is 17.7 Å². The van der Waals surface area contributed by atoms with Crippen LogP contribution in [-0.4, -0.2) is 22.3 Å². The van der Waals surface area contributed by atoms with E-state index in [2.05, 4.69) is 5.32 Å². The second kappa shape index (κ2) is 6.93. The summed E-state index contributed by atoms with van der Waals surface area (Å²) >= 11 is 12.0. The van der Waals surface area contributed by atoms with Crippen LogP contribution in [0.4, 0.5) is 5.69 Å². The Morgan fingerprint density at radius 1 is 1.08 bits per heavy atom. The van der Waals surface area contributed by atoms with Gasteiger partial charge in [0.15, 0.2) is 6.10 Å². The third-order valence-electron chi connectivity index (χ3n) is 4.63. The van der Waals surface area contributed by atoms with Crippen molar-refractivity contribution in [3.8, 4) is 11.1 Å². The van der Waals surface area contributed by atoms with E-state index in [-0.39, 0.29) is 0 Å². The molecule has 26 heavy (non-hydrogen) atoms. The number of hydrogen-bond acceptors (Lipinski definition) is 3. The summed E-state index contributed by atoms with van der Waals surface area (Å²) in [4.78, 5) is 24.7. The fraction of sp³-hybridized carbons (Fsp3) is 0.300. The first-order valence-corrected chi connectivity index (χ1v) is 9.04. The van der Waals surface area contributed by atoms with Gasteiger partial charge >= 0.3 is 5.97 Å². The highest BCUT2D eigenvalue weighted by molar-refractivity contribution is 6.53. The zero-order valence-electron chi connectivity index (χ0n) is 14.5. The van der Waals surface area contributed by atoms with E-state index in [1.54, 1.807) is 13.0 Å². The Hall–Kier alpha value is -2.04. The Morgan fingerprint density at radius 2 is 1.65 bits per heavy atom. The minimum atomic E-state index is -1.12. The van der Waals surface area contributed by atoms with Crippen molar-refractivity contribution in [3.05, 3.63) is 54.6 Å². The molecule has 1 N–H and O–H groups in total. The number of esters is 1. The number of para-hydroxylation sites is 1. The highest BCUT2D eigenvalue weighted by Gasteiger charge is 2.69. The summed E-state index contributed by atoms with van der Waals surface area (Å²) in [5, 5.41) is 2.82. The van der Waals surface area contributed by atoms with Crippen LogP contribution in [0, 0.1) is 5.41 Å². The van der Waals surface area contributed by atoms with Gasteiger partial charge in [-0.25, -0.2) is 0 Å². The third kappa shape index (κ3) is 3.57. The fourth-order valence-electron chi connectivity index (χ4n) is 2.66. The maximum Gasteiger partial charge on any atom is 0.315 e. The van der Waals surface area contributed by atoms with Gasteiger partial charge in [0.25, 0.3) is 5.91 Å². The number of amides is 1. The monoisotopic (exact) mass is 391 g/mol. The topological polar surface area (TPSA) is 55.4 Å². The van der Waals surface area contributed by atoms with Crippen LogP contribution < -0.4 is 5.32 Å². The van der Waals surface area contributed by atoms with Crippen molar-refractivity contribution >= 4 is 40.8 Å². The quantitative estimate of drug-likeness (QED) is 0.587. The summed E-state index contributed by atoms with van der Waals surface area (Å²) in [5.41, 5.74) is 1.54. The van der Waals surface area contributed by atoms with Crippen LogP contribution >= 0.6 is 23.2 Å². The molecule has 1 saturated carbocycles. The molecule has 0 radical (unpaired) electrons. The molecular weight excluding hydrogens is 373 g/mol. The molecule has 2 atom stereocenters. The van der Waals surface area contributed by atoms with Gasteiger partial charge in [-0.1, -0.05) is 48.5 Å². The van der Waals surface area contributed by atoms with Gasteiger partial charge in [0.05, 0.1) is 0 Å². The number of carbonyl (C=O) groups excluding carboxylic acids is 2. The Balaban J connectivity index is 1.70. The minimum Gasteiger partial charge on any atom is -0.452 e. The van der Waals surface area contributed by atoms with Crippen molar-refractivity contribution in [2.24, 2.45) is 5.41 Å². The lowest BCUT2D eigenvalue weighted by Gasteiger charge is -2.18. The van der Waals surface area contributed by atoms with Gasteiger partial charge in [0.2, 0.25) is 0 Å². The summed E-state index contributed by atoms with van der Waals surface area (Å²) in [6.45, 7) is 3.15. The maximum absolute atomic E-state index is 12.5. The van der Waals surface area contributed by atoms with E-state index in [9.17, 15) is 9.59 Å². The van der Waals surface area contributed by atoms with E-state index in [1.165, 1.54) is 6.92 Å². The molecule has 0 spiro atoms. The lowest BCUT2D eigenvalue weighted by atomic mass is 10.0. The molecule has 136 valence electrons. The van der Waals surface area contributed by atoms with Crippen LogP contribution in [0.15, 0.2) is 54.6 Å². The molecule has 1 aliphatic carbocycles. The second-order valence-corrected chi connectivity index (χ2v) is 8.15. The maximum atomic E-state index is 12.5. The van der Waals surface area contributed by atoms with Crippen LogP contribution in [0.3, 0.4) is 0 Å². The highest BCUT2D eigenvalue weighted by Crippen LogP contribution is 2.64. The van der Waals surface area contributed by atoms with Crippen molar-refractivity contribution in [3.63, 3.8) is 0 Å². The number of rotatable bonds is 5. The van der Waals surface area contributed by atoms with E-state index >= 15 is 0 Å². The number of ether oxygens (including phenoxy) is 1. The van der Waals surface area contributed by atoms with E-state index in [0.29, 0.717) is 12.1 Å². The number of halogens is 2. The average Bonchev–Trinajstić information content (AvgIpc) is 3.15. The van der Waals surface area contributed by atoms with Crippen molar-refractivity contribution in [1.82, 2.24) is 0 Å². The Morgan fingerprint density at radius 3 is 2.27 bits per heavy atom. The van der Waals surface area contributed by atoms with Crippen molar-refractivity contribution in [2.45, 2.75) is 30.7 Å². The number of anilines is 1. The fourth-order valence-corrected chi connectivity index (χ4v) is 3.35. The Labute approximate surface area is 162 Å². The van der Waals surface area contributed by atoms with Gasteiger partial charge in [-0.2, -0.15) is 0 Å². The van der Waals surface area contributed by atoms with Crippen LogP contribution in [-0.2, 0) is 14.3 Å². The molecule has 0 unspecified atom stereocenters. The smallest absolute Gasteiger partial charge is 0.315 e. The largest absolute Gasteiger partial charge is 0.452 e. The molecule has 0 aliphatic heterocycles. The summed E-state index contributed by atoms with van der Waals surface area (Å²) < 4.78 is 4.15. The molecule has 2 aromatic rings. The summed E-state index contributed by atoms with van der Waals surface area (Å²) in [6, 6.07) is 17.2. The van der Waals surface area contributed by atoms with Gasteiger partial charge in [-0.05, 0) is 25.5 Å². The van der Waals surface area contributed by atoms with Crippen LogP contribution in [0.5, 0.6) is 0 Å². The molecule has 0 bridgehead atoms. The van der Waals surface area contributed by atoms with Gasteiger partial charge in [-0.15, -0.1) is 23.2 Å². The molecule has 3 rings (SSSR count). The molecule has 0 saturated heterocycles. The van der Waals surface area contributed by atoms with E-state index in [4.69, 9.17) is 27.9 Å². The second-order valence-electron chi connectivity index (χ2n) is 6.66. The SMILES string of the molecule is C[C@H](OC(=O)[C@@]1(C)CC1(Cl)Cl)C(=O)Nc1ccccc1-c1ccccc1. The lowest BCUT2D eigenvalue weighted by molar-refractivity contribution is -0.158. The van der Waals surface area contributed by atoms with Crippen LogP contribution in [0.2, 0.25) is 0 Å². The van der Waals surface area contributed by atoms with E-state index in [1.807, 2.05) is 48.5 Å². The third-order valence-corrected chi connectivity index (χ3v) is 5.73. The minimum absolute atomic E-state index is 0.313. The first-order chi connectivity index (χ1) is 12.2. The predicted molar refractivity (Wildman–Crippen MR) is 103 cm³/mol. The standard InChI is InChI=1S/C20H19Cl2NO3/c1-13(26-18(25)19(2)12-20(19,21)22)17(24)23-16-11-7-6-10-15(16)14-8-4-3-5-9-14/h3-11,13H,12H2,1-2H3,(H,23,24)/t13-,19+/m0/s1. The number of nitrogens with one attached hydrogen (secondary N) is 1. The molecule has 1 fully saturated rings. The summed E-state index contributed by atoms with van der Waals surface area (Å²) in [5.74, 6) is -0.984. The lowest BCUT2D eigenvalue weighted by Crippen LogP contribution is -2.33. The molecular formula is C20H19Cl2NO3. The first-order valence-electron chi connectivity index (χ1n) is 8.29. The Kier molecular flexibility index (Phi) is 5.00. The highest BCUT2D eigenvalue weighted by atomic mass is 35.5. The van der Waals surface area contributed by atoms with Crippen LogP contribution in [0.25, 0.3) is 11.1 Å². The molecule has 4 nitrogen and oxygen atoms in total. The zero-order chi connectivity index (χ0) is 18.9. The van der Waals surface area contributed by atoms with Crippen LogP contribution in [0.1, 0.15) is 20.3 Å². The molecule has 6 heteroatoms. The zero-order valence-corrected chi connectivity index (χ0v) is 16.0. The van der Waals surface area contributed by atoms with Crippen molar-refractivity contribution < 1.29 is 14.3 Å². The average molecular weight is 392 g/mol. The van der Waals surface area contributed by atoms with Crippen molar-refractivity contribution in [2.75, 3.05) is 5.32 Å². The predicted octanol–water partition coefficient (Wildman–Crippen LogP) is 4.81. The normalized spacial score (nSPS) is 21.5. The number of carbonyl (C=O) groups is 2. The molecule has 1 amide bonds.